The summed E-state index contributed by atoms with van der Waals surface area (Å²) in [4.78, 5) is 4.39. The highest BCUT2D eigenvalue weighted by Gasteiger charge is 2.21. The summed E-state index contributed by atoms with van der Waals surface area (Å²) >= 11 is 0. The average Bonchev–Trinajstić information content (AvgIpc) is 3.13. The van der Waals surface area contributed by atoms with Crippen molar-refractivity contribution in [2.24, 2.45) is 7.05 Å². The van der Waals surface area contributed by atoms with Crippen LogP contribution in [0.2, 0.25) is 0 Å². The molecule has 0 amide bonds. The van der Waals surface area contributed by atoms with E-state index in [0.29, 0.717) is 6.10 Å². The van der Waals surface area contributed by atoms with Crippen LogP contribution >= 0.6 is 0 Å². The summed E-state index contributed by atoms with van der Waals surface area (Å²) in [7, 11) is 2.05. The van der Waals surface area contributed by atoms with Crippen LogP contribution in [0, 0.1) is 0 Å². The lowest BCUT2D eigenvalue weighted by Crippen LogP contribution is -2.24. The van der Waals surface area contributed by atoms with Crippen molar-refractivity contribution in [3.8, 4) is 5.75 Å². The SMILES string of the molecule is Cn1cc(OC2CCC2)c2ccc(Nc3n[nH]c4cccnc34)cc21. The molecule has 6 heteroatoms. The van der Waals surface area contributed by atoms with Gasteiger partial charge in [-0.1, -0.05) is 0 Å². The van der Waals surface area contributed by atoms with Gasteiger partial charge in [0.2, 0.25) is 0 Å². The standard InChI is InChI=1S/C19H19N5O/c1-24-11-17(25-13-4-2-5-13)14-8-7-12(10-16(14)24)21-19-18-15(22-23-19)6-3-9-20-18/h3,6-11,13H,2,4-5H2,1H3,(H2,21,22,23). The third-order valence-corrected chi connectivity index (χ3v) is 4.88. The predicted molar refractivity (Wildman–Crippen MR) is 98.4 cm³/mol. The number of nitrogens with one attached hydrogen (secondary N) is 2. The molecule has 0 spiro atoms. The molecule has 0 radical (unpaired) electrons. The van der Waals surface area contributed by atoms with E-state index < -0.39 is 0 Å². The Morgan fingerprint density at radius 3 is 3.04 bits per heavy atom. The number of anilines is 2. The molecule has 5 rings (SSSR count). The predicted octanol–water partition coefficient (Wildman–Crippen LogP) is 4.12. The van der Waals surface area contributed by atoms with Crippen molar-refractivity contribution in [3.05, 3.63) is 42.7 Å². The number of rotatable bonds is 4. The van der Waals surface area contributed by atoms with Gasteiger partial charge in [-0.2, -0.15) is 5.10 Å². The molecule has 0 saturated heterocycles. The highest BCUT2D eigenvalue weighted by atomic mass is 16.5. The first kappa shape index (κ1) is 14.3. The van der Waals surface area contributed by atoms with Gasteiger partial charge in [0.1, 0.15) is 11.3 Å². The van der Waals surface area contributed by atoms with Crippen molar-refractivity contribution < 1.29 is 4.74 Å². The molecule has 1 fully saturated rings. The van der Waals surface area contributed by atoms with Gasteiger partial charge in [0.05, 0.1) is 17.1 Å². The molecule has 25 heavy (non-hydrogen) atoms. The molecule has 0 atom stereocenters. The lowest BCUT2D eigenvalue weighted by Gasteiger charge is -2.25. The summed E-state index contributed by atoms with van der Waals surface area (Å²) < 4.78 is 8.23. The Kier molecular flexibility index (Phi) is 3.16. The van der Waals surface area contributed by atoms with E-state index in [-0.39, 0.29) is 0 Å². The van der Waals surface area contributed by atoms with E-state index in [1.807, 2.05) is 19.2 Å². The van der Waals surface area contributed by atoms with Gasteiger partial charge in [-0.05, 0) is 49.6 Å². The van der Waals surface area contributed by atoms with Crippen molar-refractivity contribution >= 4 is 33.4 Å². The number of aryl methyl sites for hydroxylation is 1. The first-order valence-corrected chi connectivity index (χ1v) is 8.60. The fourth-order valence-corrected chi connectivity index (χ4v) is 3.26. The molecule has 1 saturated carbocycles. The van der Waals surface area contributed by atoms with Crippen molar-refractivity contribution in [3.63, 3.8) is 0 Å². The minimum absolute atomic E-state index is 0.380. The quantitative estimate of drug-likeness (QED) is 0.589. The Bertz CT molecular complexity index is 1060. The molecule has 1 aliphatic rings. The molecule has 3 aromatic heterocycles. The number of aromatic amines is 1. The Balaban J connectivity index is 1.49. The van der Waals surface area contributed by atoms with Crippen LogP contribution in [0.5, 0.6) is 5.75 Å². The zero-order valence-corrected chi connectivity index (χ0v) is 14.0. The number of pyridine rings is 1. The van der Waals surface area contributed by atoms with E-state index in [4.69, 9.17) is 4.74 Å². The van der Waals surface area contributed by atoms with Crippen LogP contribution in [0.4, 0.5) is 11.5 Å². The van der Waals surface area contributed by atoms with Crippen LogP contribution in [-0.4, -0.2) is 25.9 Å². The Morgan fingerprint density at radius 2 is 2.20 bits per heavy atom. The maximum Gasteiger partial charge on any atom is 0.178 e. The summed E-state index contributed by atoms with van der Waals surface area (Å²) in [6.45, 7) is 0. The van der Waals surface area contributed by atoms with Crippen LogP contribution < -0.4 is 10.1 Å². The van der Waals surface area contributed by atoms with Gasteiger partial charge >= 0.3 is 0 Å². The van der Waals surface area contributed by atoms with Crippen molar-refractivity contribution in [1.29, 1.82) is 0 Å². The van der Waals surface area contributed by atoms with Crippen LogP contribution in [-0.2, 0) is 7.05 Å². The van der Waals surface area contributed by atoms with E-state index in [2.05, 4.69) is 49.5 Å². The molecular formula is C19H19N5O. The molecule has 0 unspecified atom stereocenters. The molecule has 6 nitrogen and oxygen atoms in total. The minimum Gasteiger partial charge on any atom is -0.488 e. The molecule has 1 aliphatic carbocycles. The second-order valence-electron chi connectivity index (χ2n) is 6.60. The number of ether oxygens (including phenoxy) is 1. The summed E-state index contributed by atoms with van der Waals surface area (Å²) in [5.41, 5.74) is 3.86. The second kappa shape index (κ2) is 5.51. The van der Waals surface area contributed by atoms with Gasteiger partial charge in [-0.25, -0.2) is 0 Å². The summed E-state index contributed by atoms with van der Waals surface area (Å²) in [6, 6.07) is 10.1. The molecule has 126 valence electrons. The third-order valence-electron chi connectivity index (χ3n) is 4.88. The molecule has 0 bridgehead atoms. The van der Waals surface area contributed by atoms with E-state index in [9.17, 15) is 0 Å². The molecular weight excluding hydrogens is 314 g/mol. The Labute approximate surface area is 144 Å². The molecule has 0 aliphatic heterocycles. The maximum atomic E-state index is 6.12. The van der Waals surface area contributed by atoms with Gasteiger partial charge in [0, 0.05) is 30.5 Å². The number of H-pyrrole nitrogens is 1. The fourth-order valence-electron chi connectivity index (χ4n) is 3.26. The normalized spacial score (nSPS) is 14.8. The van der Waals surface area contributed by atoms with Crippen LogP contribution in [0.3, 0.4) is 0 Å². The maximum absolute atomic E-state index is 6.12. The van der Waals surface area contributed by atoms with Crippen LogP contribution in [0.1, 0.15) is 19.3 Å². The second-order valence-corrected chi connectivity index (χ2v) is 6.60. The first-order chi connectivity index (χ1) is 12.3. The Morgan fingerprint density at radius 1 is 1.28 bits per heavy atom. The number of aromatic nitrogens is 4. The highest BCUT2D eigenvalue weighted by Crippen LogP contribution is 2.34. The zero-order valence-electron chi connectivity index (χ0n) is 14.0. The van der Waals surface area contributed by atoms with Crippen molar-refractivity contribution in [2.45, 2.75) is 25.4 Å². The van der Waals surface area contributed by atoms with Gasteiger partial charge in [0.25, 0.3) is 0 Å². The summed E-state index contributed by atoms with van der Waals surface area (Å²) in [5.74, 6) is 1.70. The van der Waals surface area contributed by atoms with Crippen LogP contribution in [0.25, 0.3) is 21.9 Å². The number of hydrogen-bond donors (Lipinski definition) is 2. The summed E-state index contributed by atoms with van der Waals surface area (Å²) in [6.07, 6.45) is 7.82. The van der Waals surface area contributed by atoms with Gasteiger partial charge in [-0.3, -0.25) is 10.1 Å². The van der Waals surface area contributed by atoms with Gasteiger partial charge in [-0.15, -0.1) is 0 Å². The smallest absolute Gasteiger partial charge is 0.178 e. The molecule has 1 aromatic carbocycles. The minimum atomic E-state index is 0.380. The third kappa shape index (κ3) is 2.41. The molecule has 4 aromatic rings. The van der Waals surface area contributed by atoms with Crippen LogP contribution in [0.15, 0.2) is 42.7 Å². The van der Waals surface area contributed by atoms with E-state index in [1.54, 1.807) is 6.20 Å². The highest BCUT2D eigenvalue weighted by molar-refractivity contribution is 5.92. The average molecular weight is 333 g/mol. The van der Waals surface area contributed by atoms with E-state index in [0.717, 1.165) is 52.0 Å². The lowest BCUT2D eigenvalue weighted by atomic mass is 9.96. The van der Waals surface area contributed by atoms with E-state index >= 15 is 0 Å². The zero-order chi connectivity index (χ0) is 16.8. The topological polar surface area (TPSA) is 67.8 Å². The number of nitrogens with zero attached hydrogens (tertiary/aromatic N) is 3. The summed E-state index contributed by atoms with van der Waals surface area (Å²) in [5, 5.41) is 11.8. The monoisotopic (exact) mass is 333 g/mol. The van der Waals surface area contributed by atoms with Crippen molar-refractivity contribution in [1.82, 2.24) is 19.7 Å². The molecule has 3 heterocycles. The first-order valence-electron chi connectivity index (χ1n) is 8.60. The largest absolute Gasteiger partial charge is 0.488 e. The van der Waals surface area contributed by atoms with Gasteiger partial charge in [0.15, 0.2) is 5.82 Å². The number of hydrogen-bond acceptors (Lipinski definition) is 4. The number of fused-ring (bicyclic) bond motifs is 2. The fraction of sp³-hybridized carbons (Fsp3) is 0.263. The van der Waals surface area contributed by atoms with Gasteiger partial charge < -0.3 is 14.6 Å². The Hall–Kier alpha value is -3.02. The number of benzene rings is 1. The van der Waals surface area contributed by atoms with E-state index in [1.165, 1.54) is 6.42 Å². The van der Waals surface area contributed by atoms with Crippen molar-refractivity contribution in [2.75, 3.05) is 5.32 Å². The molecule has 2 N–H and O–H groups in total. The lowest BCUT2D eigenvalue weighted by molar-refractivity contribution is 0.122.